The van der Waals surface area contributed by atoms with Crippen LogP contribution in [-0.2, 0) is 11.2 Å². The number of hydrogen-bond acceptors (Lipinski definition) is 4. The van der Waals surface area contributed by atoms with Gasteiger partial charge in [-0.1, -0.05) is 12.1 Å². The second-order valence-electron chi connectivity index (χ2n) is 6.21. The molecule has 3 amide bonds. The number of likely N-dealkylation sites (tertiary alicyclic amines) is 1. The molecule has 132 valence electrons. The molecule has 0 aliphatic carbocycles. The van der Waals surface area contributed by atoms with Crippen LogP contribution >= 0.6 is 11.3 Å². The number of benzene rings is 1. The van der Waals surface area contributed by atoms with Gasteiger partial charge >= 0.3 is 6.03 Å². The molecule has 2 heterocycles. The minimum atomic E-state index is -0.339. The van der Waals surface area contributed by atoms with Gasteiger partial charge in [0.2, 0.25) is 5.91 Å². The summed E-state index contributed by atoms with van der Waals surface area (Å²) in [5, 5.41) is 7.81. The molecule has 1 aromatic carbocycles. The molecule has 1 aliphatic heterocycles. The van der Waals surface area contributed by atoms with Gasteiger partial charge in [0.15, 0.2) is 5.13 Å². The molecule has 2 aromatic rings. The zero-order valence-corrected chi connectivity index (χ0v) is 15.1. The second kappa shape index (κ2) is 8.11. The number of amides is 3. The highest BCUT2D eigenvalue weighted by atomic mass is 32.1. The average Bonchev–Trinajstić information content (AvgIpc) is 3.02. The fraction of sp³-hybridized carbons (Fsp3) is 0.389. The maximum absolute atomic E-state index is 12.3. The molecule has 0 unspecified atom stereocenters. The van der Waals surface area contributed by atoms with E-state index in [1.165, 1.54) is 17.8 Å². The maximum Gasteiger partial charge on any atom is 0.325 e. The molecule has 1 saturated heterocycles. The van der Waals surface area contributed by atoms with E-state index in [2.05, 4.69) is 15.6 Å². The van der Waals surface area contributed by atoms with Crippen molar-refractivity contribution < 1.29 is 9.59 Å². The van der Waals surface area contributed by atoms with Crippen LogP contribution in [0.1, 0.15) is 30.5 Å². The van der Waals surface area contributed by atoms with Crippen LogP contribution in [-0.4, -0.2) is 34.9 Å². The van der Waals surface area contributed by atoms with Crippen LogP contribution in [0.4, 0.5) is 15.6 Å². The maximum atomic E-state index is 12.3. The zero-order chi connectivity index (χ0) is 17.6. The van der Waals surface area contributed by atoms with Crippen LogP contribution in [0.5, 0.6) is 0 Å². The monoisotopic (exact) mass is 358 g/mol. The molecule has 0 spiro atoms. The van der Waals surface area contributed by atoms with E-state index in [4.69, 9.17) is 0 Å². The first-order valence-corrected chi connectivity index (χ1v) is 9.35. The van der Waals surface area contributed by atoms with E-state index in [1.807, 2.05) is 41.5 Å². The Balaban J connectivity index is 1.52. The largest absolute Gasteiger partial charge is 0.342 e. The van der Waals surface area contributed by atoms with Gasteiger partial charge in [-0.25, -0.2) is 9.78 Å². The van der Waals surface area contributed by atoms with E-state index in [0.29, 0.717) is 10.8 Å². The predicted octanol–water partition coefficient (Wildman–Crippen LogP) is 3.65. The second-order valence-corrected chi connectivity index (χ2v) is 7.07. The van der Waals surface area contributed by atoms with E-state index in [-0.39, 0.29) is 18.4 Å². The van der Waals surface area contributed by atoms with Gasteiger partial charge in [-0.2, -0.15) is 0 Å². The molecule has 7 heteroatoms. The number of anilines is 2. The first-order chi connectivity index (χ1) is 12.1. The number of nitrogens with one attached hydrogen (secondary N) is 2. The highest BCUT2D eigenvalue weighted by Gasteiger charge is 2.18. The van der Waals surface area contributed by atoms with E-state index in [1.54, 1.807) is 0 Å². The number of carbonyl (C=O) groups excluding carboxylic acids is 2. The quantitative estimate of drug-likeness (QED) is 0.876. The summed E-state index contributed by atoms with van der Waals surface area (Å²) in [5.41, 5.74) is 2.51. The lowest BCUT2D eigenvalue weighted by atomic mass is 10.1. The molecule has 3 rings (SSSR count). The summed E-state index contributed by atoms with van der Waals surface area (Å²) >= 11 is 1.33. The minimum absolute atomic E-state index is 0.112. The molecular formula is C18H22N4O2S. The molecule has 1 aliphatic rings. The van der Waals surface area contributed by atoms with Crippen molar-refractivity contribution in [2.45, 2.75) is 32.6 Å². The van der Waals surface area contributed by atoms with Crippen molar-refractivity contribution in [3.8, 4) is 0 Å². The van der Waals surface area contributed by atoms with Crippen LogP contribution in [0.25, 0.3) is 0 Å². The van der Waals surface area contributed by atoms with E-state index >= 15 is 0 Å². The highest BCUT2D eigenvalue weighted by Crippen LogP contribution is 2.18. The number of urea groups is 1. The van der Waals surface area contributed by atoms with Crippen LogP contribution in [0.2, 0.25) is 0 Å². The summed E-state index contributed by atoms with van der Waals surface area (Å²) in [4.78, 5) is 30.6. The van der Waals surface area contributed by atoms with E-state index < -0.39 is 0 Å². The van der Waals surface area contributed by atoms with Gasteiger partial charge in [0.05, 0.1) is 12.1 Å². The molecule has 6 nitrogen and oxygen atoms in total. The zero-order valence-electron chi connectivity index (χ0n) is 14.2. The normalized spacial score (nSPS) is 14.2. The van der Waals surface area contributed by atoms with Crippen LogP contribution in [0, 0.1) is 6.92 Å². The van der Waals surface area contributed by atoms with Gasteiger partial charge in [0.1, 0.15) is 0 Å². The Morgan fingerprint density at radius 2 is 2.00 bits per heavy atom. The van der Waals surface area contributed by atoms with Crippen molar-refractivity contribution in [2.24, 2.45) is 0 Å². The Labute approximate surface area is 151 Å². The summed E-state index contributed by atoms with van der Waals surface area (Å²) in [6, 6.07) is 7.24. The SMILES string of the molecule is Cc1cccc(NC(=O)Nc2nc(CC(=O)N3CCCCC3)cs2)c1. The molecular weight excluding hydrogens is 336 g/mol. The topological polar surface area (TPSA) is 74.3 Å². The number of piperidine rings is 1. The van der Waals surface area contributed by atoms with Gasteiger partial charge in [0, 0.05) is 24.2 Å². The van der Waals surface area contributed by atoms with Crippen molar-refractivity contribution in [3.05, 3.63) is 40.9 Å². The van der Waals surface area contributed by atoms with Gasteiger partial charge in [-0.15, -0.1) is 11.3 Å². The summed E-state index contributed by atoms with van der Waals surface area (Å²) in [7, 11) is 0. The Morgan fingerprint density at radius 1 is 1.20 bits per heavy atom. The summed E-state index contributed by atoms with van der Waals surface area (Å²) < 4.78 is 0. The Morgan fingerprint density at radius 3 is 2.76 bits per heavy atom. The van der Waals surface area contributed by atoms with Crippen molar-refractivity contribution in [3.63, 3.8) is 0 Å². The third-order valence-corrected chi connectivity index (χ3v) is 4.90. The fourth-order valence-corrected chi connectivity index (χ4v) is 3.54. The summed E-state index contributed by atoms with van der Waals surface area (Å²) in [6.07, 6.45) is 3.64. The molecule has 0 atom stereocenters. The lowest BCUT2D eigenvalue weighted by molar-refractivity contribution is -0.131. The number of aromatic nitrogens is 1. The van der Waals surface area contributed by atoms with Crippen LogP contribution in [0.3, 0.4) is 0 Å². The van der Waals surface area contributed by atoms with Crippen molar-refractivity contribution in [1.29, 1.82) is 0 Å². The number of aryl methyl sites for hydroxylation is 1. The van der Waals surface area contributed by atoms with Crippen molar-refractivity contribution >= 4 is 34.1 Å². The molecule has 2 N–H and O–H groups in total. The van der Waals surface area contributed by atoms with Crippen molar-refractivity contribution in [2.75, 3.05) is 23.7 Å². The standard InChI is InChI=1S/C18H22N4O2S/c1-13-6-5-7-14(10-13)19-17(24)21-18-20-15(12-25-18)11-16(23)22-8-3-2-4-9-22/h5-7,10,12H,2-4,8-9,11H2,1H3,(H2,19,20,21,24). The van der Waals surface area contributed by atoms with E-state index in [9.17, 15) is 9.59 Å². The van der Waals surface area contributed by atoms with Gasteiger partial charge in [0.25, 0.3) is 0 Å². The number of carbonyl (C=O) groups is 2. The average molecular weight is 358 g/mol. The minimum Gasteiger partial charge on any atom is -0.342 e. The molecule has 25 heavy (non-hydrogen) atoms. The lowest BCUT2D eigenvalue weighted by Crippen LogP contribution is -2.36. The molecule has 1 fully saturated rings. The molecule has 0 radical (unpaired) electrons. The van der Waals surface area contributed by atoms with Gasteiger partial charge in [-0.05, 0) is 43.9 Å². The molecule has 1 aromatic heterocycles. The predicted molar refractivity (Wildman–Crippen MR) is 100 cm³/mol. The van der Waals surface area contributed by atoms with Gasteiger partial charge in [-0.3, -0.25) is 10.1 Å². The van der Waals surface area contributed by atoms with Crippen LogP contribution < -0.4 is 10.6 Å². The van der Waals surface area contributed by atoms with Crippen LogP contribution in [0.15, 0.2) is 29.6 Å². The third kappa shape index (κ3) is 5.03. The number of hydrogen-bond donors (Lipinski definition) is 2. The first kappa shape index (κ1) is 17.4. The highest BCUT2D eigenvalue weighted by molar-refractivity contribution is 7.14. The Bertz CT molecular complexity index is 753. The first-order valence-electron chi connectivity index (χ1n) is 8.47. The Hall–Kier alpha value is -2.41. The number of rotatable bonds is 4. The Kier molecular flexibility index (Phi) is 5.65. The lowest BCUT2D eigenvalue weighted by Gasteiger charge is -2.26. The summed E-state index contributed by atoms with van der Waals surface area (Å²) in [5.74, 6) is 0.112. The van der Waals surface area contributed by atoms with Gasteiger partial charge < -0.3 is 10.2 Å². The number of nitrogens with zero attached hydrogens (tertiary/aromatic N) is 2. The van der Waals surface area contributed by atoms with E-state index in [0.717, 1.165) is 37.2 Å². The summed E-state index contributed by atoms with van der Waals surface area (Å²) in [6.45, 7) is 3.65. The number of thiazole rings is 1. The molecule has 0 bridgehead atoms. The fourth-order valence-electron chi connectivity index (χ4n) is 2.84. The molecule has 0 saturated carbocycles. The third-order valence-electron chi connectivity index (χ3n) is 4.09. The smallest absolute Gasteiger partial charge is 0.325 e. The van der Waals surface area contributed by atoms with Crippen molar-refractivity contribution in [1.82, 2.24) is 9.88 Å².